The number of nitro benzene ring substituents is 1. The SMILES string of the molecule is O=C(Cn1nc(-c2cccc([N+](=O)[O-])c2)c2ccccc2c1=O)Nc1cccc(C(F)(F)F)c1. The lowest BCUT2D eigenvalue weighted by Crippen LogP contribution is -2.30. The largest absolute Gasteiger partial charge is 0.416 e. The van der Waals surface area contributed by atoms with E-state index in [2.05, 4.69) is 10.4 Å². The monoisotopic (exact) mass is 468 g/mol. The van der Waals surface area contributed by atoms with E-state index in [4.69, 9.17) is 0 Å². The standard InChI is InChI=1S/C23H15F3N4O4/c24-23(25,26)15-6-4-7-16(12-15)27-20(31)13-29-22(32)19-10-2-1-9-18(19)21(28-29)14-5-3-8-17(11-14)30(33)34/h1-12H,13H2,(H,27,31). The van der Waals surface area contributed by atoms with Crippen molar-refractivity contribution in [3.8, 4) is 11.3 Å². The molecule has 0 unspecified atom stereocenters. The number of hydrogen-bond acceptors (Lipinski definition) is 5. The Kier molecular flexibility index (Phi) is 5.84. The minimum atomic E-state index is -4.58. The van der Waals surface area contributed by atoms with Gasteiger partial charge in [-0.1, -0.05) is 36.4 Å². The van der Waals surface area contributed by atoms with Crippen molar-refractivity contribution in [1.82, 2.24) is 9.78 Å². The van der Waals surface area contributed by atoms with Gasteiger partial charge in [0.2, 0.25) is 5.91 Å². The number of non-ortho nitro benzene ring substituents is 1. The number of alkyl halides is 3. The number of fused-ring (bicyclic) bond motifs is 1. The highest BCUT2D eigenvalue weighted by molar-refractivity contribution is 5.95. The summed E-state index contributed by atoms with van der Waals surface area (Å²) in [5.74, 6) is -0.769. The zero-order chi connectivity index (χ0) is 24.5. The number of carbonyl (C=O) groups is 1. The molecule has 172 valence electrons. The Hall–Kier alpha value is -4.54. The molecule has 0 aliphatic rings. The van der Waals surface area contributed by atoms with Crippen LogP contribution >= 0.6 is 0 Å². The van der Waals surface area contributed by atoms with E-state index in [1.54, 1.807) is 24.3 Å². The minimum Gasteiger partial charge on any atom is -0.324 e. The molecular weight excluding hydrogens is 453 g/mol. The van der Waals surface area contributed by atoms with E-state index in [0.717, 1.165) is 22.9 Å². The topological polar surface area (TPSA) is 107 Å². The molecule has 34 heavy (non-hydrogen) atoms. The van der Waals surface area contributed by atoms with E-state index >= 15 is 0 Å². The predicted molar refractivity (Wildman–Crippen MR) is 118 cm³/mol. The molecule has 4 rings (SSSR count). The molecule has 0 fully saturated rings. The first-order valence-electron chi connectivity index (χ1n) is 9.85. The van der Waals surface area contributed by atoms with Crippen LogP contribution in [0.5, 0.6) is 0 Å². The van der Waals surface area contributed by atoms with E-state index < -0.39 is 34.7 Å². The Labute approximate surface area is 189 Å². The molecule has 0 spiro atoms. The number of hydrogen-bond donors (Lipinski definition) is 1. The molecule has 1 heterocycles. The van der Waals surface area contributed by atoms with Crippen LogP contribution in [0, 0.1) is 10.1 Å². The molecule has 3 aromatic carbocycles. The third kappa shape index (κ3) is 4.63. The fraction of sp³-hybridized carbons (Fsp3) is 0.0870. The first-order chi connectivity index (χ1) is 16.1. The molecule has 1 aromatic heterocycles. The van der Waals surface area contributed by atoms with Gasteiger partial charge in [-0.25, -0.2) is 4.68 Å². The number of amides is 1. The van der Waals surface area contributed by atoms with Crippen LogP contribution < -0.4 is 10.9 Å². The third-order valence-electron chi connectivity index (χ3n) is 4.97. The van der Waals surface area contributed by atoms with Crippen molar-refractivity contribution < 1.29 is 22.9 Å². The maximum absolute atomic E-state index is 12.9. The number of anilines is 1. The van der Waals surface area contributed by atoms with Crippen molar-refractivity contribution in [2.24, 2.45) is 0 Å². The van der Waals surface area contributed by atoms with Gasteiger partial charge in [0.25, 0.3) is 11.2 Å². The van der Waals surface area contributed by atoms with Gasteiger partial charge in [0, 0.05) is 28.8 Å². The molecule has 8 nitrogen and oxygen atoms in total. The fourth-order valence-electron chi connectivity index (χ4n) is 3.43. The number of rotatable bonds is 5. The van der Waals surface area contributed by atoms with Crippen LogP contribution in [0.15, 0.2) is 77.6 Å². The van der Waals surface area contributed by atoms with Gasteiger partial charge in [0.05, 0.1) is 21.6 Å². The third-order valence-corrected chi connectivity index (χ3v) is 4.97. The summed E-state index contributed by atoms with van der Waals surface area (Å²) in [6.07, 6.45) is -4.58. The van der Waals surface area contributed by atoms with Crippen LogP contribution in [0.4, 0.5) is 24.5 Å². The Balaban J connectivity index is 1.72. The van der Waals surface area contributed by atoms with Crippen molar-refractivity contribution >= 4 is 28.1 Å². The lowest BCUT2D eigenvalue weighted by atomic mass is 10.0. The van der Waals surface area contributed by atoms with E-state index in [1.165, 1.54) is 30.3 Å². The average Bonchev–Trinajstić information content (AvgIpc) is 2.80. The number of halogens is 3. The van der Waals surface area contributed by atoms with Gasteiger partial charge >= 0.3 is 6.18 Å². The smallest absolute Gasteiger partial charge is 0.324 e. The molecule has 0 atom stereocenters. The molecule has 0 bridgehead atoms. The van der Waals surface area contributed by atoms with Gasteiger partial charge in [-0.15, -0.1) is 0 Å². The summed E-state index contributed by atoms with van der Waals surface area (Å²) in [6.45, 7) is -0.582. The van der Waals surface area contributed by atoms with Gasteiger partial charge in [0.1, 0.15) is 6.54 Å². The summed E-state index contributed by atoms with van der Waals surface area (Å²) in [7, 11) is 0. The van der Waals surface area contributed by atoms with Crippen molar-refractivity contribution in [3.05, 3.63) is 98.8 Å². The zero-order valence-electron chi connectivity index (χ0n) is 17.2. The number of aromatic nitrogens is 2. The molecule has 0 radical (unpaired) electrons. The van der Waals surface area contributed by atoms with Crippen molar-refractivity contribution in [2.45, 2.75) is 12.7 Å². The number of nitro groups is 1. The average molecular weight is 468 g/mol. The molecule has 0 saturated heterocycles. The summed E-state index contributed by atoms with van der Waals surface area (Å²) < 4.78 is 39.7. The lowest BCUT2D eigenvalue weighted by molar-refractivity contribution is -0.384. The van der Waals surface area contributed by atoms with Crippen LogP contribution in [0.3, 0.4) is 0 Å². The number of carbonyl (C=O) groups excluding carboxylic acids is 1. The lowest BCUT2D eigenvalue weighted by Gasteiger charge is -2.12. The number of nitrogens with one attached hydrogen (secondary N) is 1. The second-order valence-corrected chi connectivity index (χ2v) is 7.29. The predicted octanol–water partition coefficient (Wildman–Crippen LogP) is 4.63. The van der Waals surface area contributed by atoms with Crippen LogP contribution in [0.1, 0.15) is 5.56 Å². The van der Waals surface area contributed by atoms with Crippen LogP contribution in [0.25, 0.3) is 22.0 Å². The Bertz CT molecular complexity index is 1480. The minimum absolute atomic E-state index is 0.0902. The van der Waals surface area contributed by atoms with E-state index in [-0.39, 0.29) is 22.5 Å². The molecule has 0 aliphatic heterocycles. The normalized spacial score (nSPS) is 11.4. The fourth-order valence-corrected chi connectivity index (χ4v) is 3.43. The van der Waals surface area contributed by atoms with Gasteiger partial charge in [-0.2, -0.15) is 18.3 Å². The quantitative estimate of drug-likeness (QED) is 0.340. The molecule has 1 N–H and O–H groups in total. The highest BCUT2D eigenvalue weighted by Crippen LogP contribution is 2.31. The van der Waals surface area contributed by atoms with E-state index in [9.17, 15) is 32.9 Å². The highest BCUT2D eigenvalue weighted by atomic mass is 19.4. The first-order valence-corrected chi connectivity index (χ1v) is 9.85. The Morgan fingerprint density at radius 1 is 1.00 bits per heavy atom. The maximum Gasteiger partial charge on any atom is 0.416 e. The van der Waals surface area contributed by atoms with Gasteiger partial charge in [-0.3, -0.25) is 19.7 Å². The number of nitrogens with zero attached hydrogens (tertiary/aromatic N) is 3. The molecular formula is C23H15F3N4O4. The summed E-state index contributed by atoms with van der Waals surface area (Å²) in [6, 6.07) is 16.2. The van der Waals surface area contributed by atoms with Crippen LogP contribution in [0.2, 0.25) is 0 Å². The van der Waals surface area contributed by atoms with Gasteiger partial charge in [0.15, 0.2) is 0 Å². The van der Waals surface area contributed by atoms with E-state index in [1.807, 2.05) is 0 Å². The Morgan fingerprint density at radius 3 is 2.41 bits per heavy atom. The van der Waals surface area contributed by atoms with Gasteiger partial charge in [-0.05, 0) is 24.3 Å². The summed E-state index contributed by atoms with van der Waals surface area (Å²) in [4.78, 5) is 36.1. The molecule has 0 saturated carbocycles. The first kappa shape index (κ1) is 22.6. The summed E-state index contributed by atoms with van der Waals surface area (Å²) in [5.41, 5.74) is -1.19. The summed E-state index contributed by atoms with van der Waals surface area (Å²) >= 11 is 0. The second-order valence-electron chi connectivity index (χ2n) is 7.29. The Morgan fingerprint density at radius 2 is 1.71 bits per heavy atom. The number of benzene rings is 3. The van der Waals surface area contributed by atoms with Crippen LogP contribution in [-0.4, -0.2) is 20.6 Å². The molecule has 0 aliphatic carbocycles. The zero-order valence-corrected chi connectivity index (χ0v) is 17.2. The second kappa shape index (κ2) is 8.77. The van der Waals surface area contributed by atoms with E-state index in [0.29, 0.717) is 10.9 Å². The maximum atomic E-state index is 12.9. The van der Waals surface area contributed by atoms with Crippen molar-refractivity contribution in [2.75, 3.05) is 5.32 Å². The highest BCUT2D eigenvalue weighted by Gasteiger charge is 2.30. The molecule has 4 aromatic rings. The molecule has 11 heteroatoms. The van der Waals surface area contributed by atoms with Crippen LogP contribution in [-0.2, 0) is 17.5 Å². The van der Waals surface area contributed by atoms with Crippen molar-refractivity contribution in [3.63, 3.8) is 0 Å². The van der Waals surface area contributed by atoms with Crippen molar-refractivity contribution in [1.29, 1.82) is 0 Å². The van der Waals surface area contributed by atoms with Gasteiger partial charge < -0.3 is 5.32 Å². The molecule has 1 amide bonds. The summed E-state index contributed by atoms with van der Waals surface area (Å²) in [5, 5.41) is 18.4.